The van der Waals surface area contributed by atoms with Crippen LogP contribution in [0, 0.1) is 0 Å². The van der Waals surface area contributed by atoms with E-state index in [0.717, 1.165) is 6.04 Å². The maximum atomic E-state index is 5.77. The summed E-state index contributed by atoms with van der Waals surface area (Å²) in [5.41, 5.74) is 1.20. The Balaban J connectivity index is 2.25. The maximum Gasteiger partial charge on any atom is 0.0893 e. The summed E-state index contributed by atoms with van der Waals surface area (Å²) in [4.78, 5) is 0. The molecule has 0 atom stereocenters. The Kier molecular flexibility index (Phi) is 2.47. The quantitative estimate of drug-likeness (QED) is 0.703. The van der Waals surface area contributed by atoms with E-state index in [1.165, 1.54) is 29.4 Å². The third-order valence-corrected chi connectivity index (χ3v) is 3.75. The molecule has 2 rings (SSSR count). The molecule has 1 fully saturated rings. The fourth-order valence-corrected chi connectivity index (χ4v) is 2.57. The molecule has 1 aliphatic rings. The second-order valence-corrected chi connectivity index (χ2v) is 4.28. The average Bonchev–Trinajstić information content (AvgIpc) is 2.30. The molecule has 1 saturated carbocycles. The van der Waals surface area contributed by atoms with Crippen molar-refractivity contribution in [1.29, 1.82) is 0 Å². The first-order valence-corrected chi connectivity index (χ1v) is 5.57. The van der Waals surface area contributed by atoms with Gasteiger partial charge < -0.3 is 4.57 Å². The van der Waals surface area contributed by atoms with Gasteiger partial charge >= 0.3 is 0 Å². The molecule has 66 valence electrons. The Morgan fingerprint density at radius 1 is 1.58 bits per heavy atom. The average molecular weight is 249 g/mol. The summed E-state index contributed by atoms with van der Waals surface area (Å²) in [6.07, 6.45) is 6.13. The van der Waals surface area contributed by atoms with E-state index < -0.39 is 0 Å². The molecule has 0 bridgehead atoms. The van der Waals surface area contributed by atoms with Crippen LogP contribution >= 0.6 is 27.5 Å². The number of rotatable bonds is 2. The molecule has 0 spiro atoms. The van der Waals surface area contributed by atoms with Crippen LogP contribution in [0.4, 0.5) is 0 Å². The van der Waals surface area contributed by atoms with Crippen molar-refractivity contribution < 1.29 is 0 Å². The van der Waals surface area contributed by atoms with Gasteiger partial charge in [-0.15, -0.1) is 11.6 Å². The minimum Gasteiger partial charge on any atom is -0.339 e. The lowest BCUT2D eigenvalue weighted by atomic mass is 9.93. The Hall–Kier alpha value is 0.0500. The highest BCUT2D eigenvalue weighted by molar-refractivity contribution is 9.10. The number of alkyl halides is 1. The van der Waals surface area contributed by atoms with Crippen LogP contribution in [0.15, 0.2) is 16.9 Å². The molecule has 1 aromatic rings. The number of hydrogen-bond acceptors (Lipinski definition) is 0. The molecule has 1 aliphatic carbocycles. The second kappa shape index (κ2) is 3.43. The zero-order valence-corrected chi connectivity index (χ0v) is 9.11. The molecular weight excluding hydrogens is 237 g/mol. The van der Waals surface area contributed by atoms with E-state index in [2.05, 4.69) is 32.8 Å². The lowest BCUT2D eigenvalue weighted by Crippen LogP contribution is -2.16. The van der Waals surface area contributed by atoms with Crippen LogP contribution in [0.25, 0.3) is 0 Å². The zero-order valence-electron chi connectivity index (χ0n) is 6.76. The van der Waals surface area contributed by atoms with Crippen molar-refractivity contribution in [2.24, 2.45) is 0 Å². The summed E-state index contributed by atoms with van der Waals surface area (Å²) in [5.74, 6) is 0.598. The minimum absolute atomic E-state index is 0.598. The number of hydrogen-bond donors (Lipinski definition) is 0. The molecule has 1 nitrogen and oxygen atoms in total. The molecule has 1 aromatic heterocycles. The van der Waals surface area contributed by atoms with Gasteiger partial charge in [0, 0.05) is 12.2 Å². The molecule has 0 saturated heterocycles. The fourth-order valence-electron chi connectivity index (χ4n) is 1.52. The molecule has 0 aromatic carbocycles. The van der Waals surface area contributed by atoms with Gasteiger partial charge in [0.25, 0.3) is 0 Å². The predicted octanol–water partition coefficient (Wildman–Crippen LogP) is 3.71. The molecular formula is C9H11BrClN. The SMILES string of the molecule is ClCc1ccn(C2CCC2)c1Br. The molecule has 3 heteroatoms. The van der Waals surface area contributed by atoms with Gasteiger partial charge in [0.15, 0.2) is 0 Å². The van der Waals surface area contributed by atoms with Crippen LogP contribution < -0.4 is 0 Å². The van der Waals surface area contributed by atoms with Crippen molar-refractivity contribution in [2.45, 2.75) is 31.2 Å². The Morgan fingerprint density at radius 3 is 2.75 bits per heavy atom. The van der Waals surface area contributed by atoms with Crippen LogP contribution in [0.3, 0.4) is 0 Å². The van der Waals surface area contributed by atoms with Crippen LogP contribution in [0.5, 0.6) is 0 Å². The summed E-state index contributed by atoms with van der Waals surface area (Å²) in [5, 5.41) is 0. The second-order valence-electron chi connectivity index (χ2n) is 3.26. The van der Waals surface area contributed by atoms with E-state index in [-0.39, 0.29) is 0 Å². The standard InChI is InChI=1S/C9H11BrClN/c10-9-7(6-11)4-5-12(9)8-2-1-3-8/h4-5,8H,1-3,6H2. The molecule has 0 amide bonds. The van der Waals surface area contributed by atoms with E-state index in [9.17, 15) is 0 Å². The van der Waals surface area contributed by atoms with E-state index in [1.807, 2.05) is 0 Å². The molecule has 0 radical (unpaired) electrons. The topological polar surface area (TPSA) is 4.93 Å². The van der Waals surface area contributed by atoms with Crippen molar-refractivity contribution in [3.8, 4) is 0 Å². The number of nitrogens with zero attached hydrogens (tertiary/aromatic N) is 1. The van der Waals surface area contributed by atoms with Gasteiger partial charge in [0.05, 0.1) is 10.5 Å². The first kappa shape index (κ1) is 8.64. The van der Waals surface area contributed by atoms with Gasteiger partial charge in [-0.25, -0.2) is 0 Å². The Labute approximate surface area is 85.8 Å². The zero-order chi connectivity index (χ0) is 8.55. The van der Waals surface area contributed by atoms with Crippen LogP contribution in [-0.4, -0.2) is 4.57 Å². The van der Waals surface area contributed by atoms with Gasteiger partial charge in [0.2, 0.25) is 0 Å². The van der Waals surface area contributed by atoms with Gasteiger partial charge in [-0.05, 0) is 46.8 Å². The lowest BCUT2D eigenvalue weighted by Gasteiger charge is -2.28. The summed E-state index contributed by atoms with van der Waals surface area (Å²) >= 11 is 9.33. The number of halogens is 2. The molecule has 1 heterocycles. The first-order chi connectivity index (χ1) is 5.83. The van der Waals surface area contributed by atoms with Crippen LogP contribution in [0.2, 0.25) is 0 Å². The highest BCUT2D eigenvalue weighted by atomic mass is 79.9. The van der Waals surface area contributed by atoms with Gasteiger partial charge in [0.1, 0.15) is 0 Å². The summed E-state index contributed by atoms with van der Waals surface area (Å²) in [7, 11) is 0. The molecule has 0 unspecified atom stereocenters. The van der Waals surface area contributed by atoms with Crippen molar-refractivity contribution in [3.05, 3.63) is 22.4 Å². The van der Waals surface area contributed by atoms with Crippen molar-refractivity contribution >= 4 is 27.5 Å². The minimum atomic E-state index is 0.598. The van der Waals surface area contributed by atoms with Crippen LogP contribution in [0.1, 0.15) is 30.9 Å². The van der Waals surface area contributed by atoms with Gasteiger partial charge in [-0.2, -0.15) is 0 Å². The third kappa shape index (κ3) is 1.31. The normalized spacial score (nSPS) is 17.8. The van der Waals surface area contributed by atoms with E-state index in [4.69, 9.17) is 11.6 Å². The van der Waals surface area contributed by atoms with E-state index in [0.29, 0.717) is 5.88 Å². The predicted molar refractivity (Wildman–Crippen MR) is 54.6 cm³/mol. The van der Waals surface area contributed by atoms with Crippen molar-refractivity contribution in [3.63, 3.8) is 0 Å². The van der Waals surface area contributed by atoms with Crippen molar-refractivity contribution in [2.75, 3.05) is 0 Å². The molecule has 0 aliphatic heterocycles. The first-order valence-electron chi connectivity index (χ1n) is 4.24. The number of aromatic nitrogens is 1. The van der Waals surface area contributed by atoms with E-state index in [1.54, 1.807) is 0 Å². The lowest BCUT2D eigenvalue weighted by molar-refractivity contribution is 0.310. The smallest absolute Gasteiger partial charge is 0.0893 e. The molecule has 12 heavy (non-hydrogen) atoms. The monoisotopic (exact) mass is 247 g/mol. The molecule has 0 N–H and O–H groups in total. The highest BCUT2D eigenvalue weighted by Gasteiger charge is 2.21. The van der Waals surface area contributed by atoms with Crippen LogP contribution in [-0.2, 0) is 5.88 Å². The summed E-state index contributed by atoms with van der Waals surface area (Å²) < 4.78 is 3.46. The van der Waals surface area contributed by atoms with Gasteiger partial charge in [-0.1, -0.05) is 0 Å². The van der Waals surface area contributed by atoms with E-state index >= 15 is 0 Å². The summed E-state index contributed by atoms with van der Waals surface area (Å²) in [6.45, 7) is 0. The maximum absolute atomic E-state index is 5.77. The Morgan fingerprint density at radius 2 is 2.33 bits per heavy atom. The third-order valence-electron chi connectivity index (χ3n) is 2.54. The fraction of sp³-hybridized carbons (Fsp3) is 0.556. The van der Waals surface area contributed by atoms with Crippen molar-refractivity contribution in [1.82, 2.24) is 4.57 Å². The largest absolute Gasteiger partial charge is 0.339 e. The van der Waals surface area contributed by atoms with Gasteiger partial charge in [-0.3, -0.25) is 0 Å². The summed E-state index contributed by atoms with van der Waals surface area (Å²) in [6, 6.07) is 2.81. The Bertz CT molecular complexity index is 278. The highest BCUT2D eigenvalue weighted by Crippen LogP contribution is 2.35.